The van der Waals surface area contributed by atoms with Crippen molar-refractivity contribution in [2.24, 2.45) is 0 Å². The number of ketones is 1. The normalized spacial score (nSPS) is 10.2. The highest BCUT2D eigenvalue weighted by atomic mass is 79.9. The zero-order valence-corrected chi connectivity index (χ0v) is 12.9. The maximum absolute atomic E-state index is 11.9. The van der Waals surface area contributed by atoms with E-state index >= 15 is 0 Å². The van der Waals surface area contributed by atoms with Crippen LogP contribution in [0.3, 0.4) is 0 Å². The van der Waals surface area contributed by atoms with Crippen molar-refractivity contribution in [3.8, 4) is 5.75 Å². The Morgan fingerprint density at radius 2 is 1.90 bits per heavy atom. The molecular formula is C14H9BrClNO4. The minimum absolute atomic E-state index is 0.108. The predicted molar refractivity (Wildman–Crippen MR) is 82.1 cm³/mol. The second kappa shape index (κ2) is 6.69. The second-order valence-corrected chi connectivity index (χ2v) is 5.41. The van der Waals surface area contributed by atoms with Crippen LogP contribution in [0.15, 0.2) is 46.9 Å². The van der Waals surface area contributed by atoms with Gasteiger partial charge in [-0.05, 0) is 18.2 Å². The van der Waals surface area contributed by atoms with Crippen molar-refractivity contribution in [3.05, 3.63) is 67.6 Å². The summed E-state index contributed by atoms with van der Waals surface area (Å²) in [6.07, 6.45) is 0. The van der Waals surface area contributed by atoms with Gasteiger partial charge in [-0.25, -0.2) is 0 Å². The van der Waals surface area contributed by atoms with Crippen LogP contribution in [0.1, 0.15) is 10.4 Å². The third kappa shape index (κ3) is 4.03. The van der Waals surface area contributed by atoms with E-state index in [1.54, 1.807) is 24.3 Å². The molecule has 108 valence electrons. The van der Waals surface area contributed by atoms with Gasteiger partial charge in [-0.1, -0.05) is 39.7 Å². The number of non-ortho nitro benzene ring substituents is 1. The number of nitro groups is 1. The molecule has 0 atom stereocenters. The molecule has 2 rings (SSSR count). The molecule has 0 bridgehead atoms. The topological polar surface area (TPSA) is 69.4 Å². The molecule has 0 saturated carbocycles. The van der Waals surface area contributed by atoms with Crippen LogP contribution >= 0.6 is 27.5 Å². The molecule has 0 unspecified atom stereocenters. The summed E-state index contributed by atoms with van der Waals surface area (Å²) in [5.41, 5.74) is 0.338. The predicted octanol–water partition coefficient (Wildman–Crippen LogP) is 4.27. The number of halogens is 2. The zero-order valence-electron chi connectivity index (χ0n) is 10.6. The molecule has 21 heavy (non-hydrogen) atoms. The highest BCUT2D eigenvalue weighted by Gasteiger charge is 2.13. The number of nitro benzene ring substituents is 1. The fraction of sp³-hybridized carbons (Fsp3) is 0.0714. The molecule has 0 radical (unpaired) electrons. The first-order valence-corrected chi connectivity index (χ1v) is 7.00. The molecule has 0 aliphatic rings. The largest absolute Gasteiger partial charge is 0.484 e. The Bertz CT molecular complexity index is 688. The van der Waals surface area contributed by atoms with Crippen molar-refractivity contribution in [2.75, 3.05) is 6.61 Å². The third-order valence-electron chi connectivity index (χ3n) is 2.65. The lowest BCUT2D eigenvalue weighted by atomic mass is 10.1. The standard InChI is InChI=1S/C14H9BrClNO4/c15-10-3-1-9(2-4-10)13(18)8-21-14-7-11(17(19)20)5-6-12(14)16/h1-7H,8H2. The van der Waals surface area contributed by atoms with Crippen molar-refractivity contribution in [1.29, 1.82) is 0 Å². The minimum Gasteiger partial charge on any atom is -0.484 e. The van der Waals surface area contributed by atoms with E-state index in [0.717, 1.165) is 4.47 Å². The number of carbonyl (C=O) groups excluding carboxylic acids is 1. The van der Waals surface area contributed by atoms with Crippen molar-refractivity contribution in [3.63, 3.8) is 0 Å². The summed E-state index contributed by atoms with van der Waals surface area (Å²) in [4.78, 5) is 22.1. The highest BCUT2D eigenvalue weighted by Crippen LogP contribution is 2.29. The number of hydrogen-bond acceptors (Lipinski definition) is 4. The molecule has 0 heterocycles. The molecule has 0 N–H and O–H groups in total. The maximum Gasteiger partial charge on any atom is 0.273 e. The molecule has 0 aromatic heterocycles. The Morgan fingerprint density at radius 1 is 1.24 bits per heavy atom. The molecule has 0 amide bonds. The van der Waals surface area contributed by atoms with Crippen molar-refractivity contribution < 1.29 is 14.5 Å². The number of rotatable bonds is 5. The van der Waals surface area contributed by atoms with E-state index in [4.69, 9.17) is 16.3 Å². The van der Waals surface area contributed by atoms with Crippen LogP contribution in [0, 0.1) is 10.1 Å². The highest BCUT2D eigenvalue weighted by molar-refractivity contribution is 9.10. The average molecular weight is 371 g/mol. The van der Waals surface area contributed by atoms with Gasteiger partial charge in [0.15, 0.2) is 12.4 Å². The number of hydrogen-bond donors (Lipinski definition) is 0. The summed E-state index contributed by atoms with van der Waals surface area (Å²) in [5, 5.41) is 10.9. The molecule has 7 heteroatoms. The quantitative estimate of drug-likeness (QED) is 0.448. The lowest BCUT2D eigenvalue weighted by Gasteiger charge is -2.07. The van der Waals surface area contributed by atoms with E-state index in [1.165, 1.54) is 18.2 Å². The summed E-state index contributed by atoms with van der Waals surface area (Å²) < 4.78 is 6.14. The van der Waals surface area contributed by atoms with Gasteiger partial charge in [0.05, 0.1) is 16.0 Å². The molecule has 5 nitrogen and oxygen atoms in total. The van der Waals surface area contributed by atoms with E-state index in [0.29, 0.717) is 5.56 Å². The number of Topliss-reactive ketones (excluding diaryl/α,β-unsaturated/α-hetero) is 1. The van der Waals surface area contributed by atoms with Gasteiger partial charge in [-0.3, -0.25) is 14.9 Å². The average Bonchev–Trinajstić information content (AvgIpc) is 2.46. The van der Waals surface area contributed by atoms with E-state index in [-0.39, 0.29) is 28.8 Å². The number of benzene rings is 2. The SMILES string of the molecule is O=C(COc1cc([N+](=O)[O-])ccc1Cl)c1ccc(Br)cc1. The first kappa shape index (κ1) is 15.5. The van der Waals surface area contributed by atoms with E-state index in [1.807, 2.05) is 0 Å². The molecule has 0 fully saturated rings. The minimum atomic E-state index is -0.556. The molecule has 0 aliphatic heterocycles. The van der Waals surface area contributed by atoms with Gasteiger partial charge in [0.2, 0.25) is 0 Å². The monoisotopic (exact) mass is 369 g/mol. The van der Waals surface area contributed by atoms with Crippen molar-refractivity contribution in [2.45, 2.75) is 0 Å². The summed E-state index contributed by atoms with van der Waals surface area (Å²) in [6.45, 7) is -0.248. The Morgan fingerprint density at radius 3 is 2.52 bits per heavy atom. The van der Waals surface area contributed by atoms with Gasteiger partial charge < -0.3 is 4.74 Å². The lowest BCUT2D eigenvalue weighted by Crippen LogP contribution is -2.11. The molecule has 0 saturated heterocycles. The van der Waals surface area contributed by atoms with Crippen LogP contribution in [0.5, 0.6) is 5.75 Å². The lowest BCUT2D eigenvalue weighted by molar-refractivity contribution is -0.384. The molecular weight excluding hydrogens is 362 g/mol. The van der Waals surface area contributed by atoms with E-state index in [9.17, 15) is 14.9 Å². The van der Waals surface area contributed by atoms with Gasteiger partial charge in [-0.15, -0.1) is 0 Å². The van der Waals surface area contributed by atoms with Crippen LogP contribution in [-0.2, 0) is 0 Å². The Balaban J connectivity index is 2.09. The molecule has 0 spiro atoms. The van der Waals surface area contributed by atoms with E-state index in [2.05, 4.69) is 15.9 Å². The van der Waals surface area contributed by atoms with Gasteiger partial charge in [0.1, 0.15) is 5.75 Å². The summed E-state index contributed by atoms with van der Waals surface area (Å²) in [7, 11) is 0. The van der Waals surface area contributed by atoms with Crippen LogP contribution < -0.4 is 4.74 Å². The smallest absolute Gasteiger partial charge is 0.273 e. The fourth-order valence-corrected chi connectivity index (χ4v) is 2.02. The Hall–Kier alpha value is -1.92. The molecule has 2 aromatic rings. The van der Waals surface area contributed by atoms with Gasteiger partial charge in [0.25, 0.3) is 5.69 Å². The Labute approximate surface area is 133 Å². The number of carbonyl (C=O) groups is 1. The van der Waals surface area contributed by atoms with Crippen LogP contribution in [0.25, 0.3) is 0 Å². The van der Waals surface area contributed by atoms with Crippen molar-refractivity contribution in [1.82, 2.24) is 0 Å². The third-order valence-corrected chi connectivity index (χ3v) is 3.49. The fourth-order valence-electron chi connectivity index (χ4n) is 1.58. The molecule has 0 aliphatic carbocycles. The van der Waals surface area contributed by atoms with Gasteiger partial charge in [-0.2, -0.15) is 0 Å². The van der Waals surface area contributed by atoms with Crippen LogP contribution in [-0.4, -0.2) is 17.3 Å². The first-order valence-electron chi connectivity index (χ1n) is 5.83. The summed E-state index contributed by atoms with van der Waals surface area (Å²) in [5.74, 6) is -0.138. The molecule has 2 aromatic carbocycles. The number of ether oxygens (including phenoxy) is 1. The van der Waals surface area contributed by atoms with Crippen LogP contribution in [0.4, 0.5) is 5.69 Å². The van der Waals surface area contributed by atoms with Gasteiger partial charge in [0, 0.05) is 16.1 Å². The maximum atomic E-state index is 11.9. The number of nitrogens with zero attached hydrogens (tertiary/aromatic N) is 1. The van der Waals surface area contributed by atoms with Crippen molar-refractivity contribution >= 4 is 39.0 Å². The summed E-state index contributed by atoms with van der Waals surface area (Å²) in [6, 6.07) is 10.6. The van der Waals surface area contributed by atoms with Crippen LogP contribution in [0.2, 0.25) is 5.02 Å². The Kier molecular flexibility index (Phi) is 4.93. The summed E-state index contributed by atoms with van der Waals surface area (Å²) >= 11 is 9.16. The second-order valence-electron chi connectivity index (χ2n) is 4.09. The zero-order chi connectivity index (χ0) is 15.4. The van der Waals surface area contributed by atoms with E-state index < -0.39 is 4.92 Å². The first-order chi connectivity index (χ1) is 9.97. The van der Waals surface area contributed by atoms with Gasteiger partial charge >= 0.3 is 0 Å².